The molecule has 0 fully saturated rings. The van der Waals surface area contributed by atoms with E-state index in [0.29, 0.717) is 0 Å². The van der Waals surface area contributed by atoms with Crippen LogP contribution < -0.4 is 0 Å². The maximum Gasteiger partial charge on any atom is -0.0417 e. The molecular weight excluding hydrogens is 144 g/mol. The third kappa shape index (κ3) is 5.62. The maximum atomic E-state index is 2.41. The minimum Gasteiger partial charge on any atom is -0.0654 e. The Kier molecular flexibility index (Phi) is 6.51. The van der Waals surface area contributed by atoms with Crippen molar-refractivity contribution in [2.45, 2.75) is 60.3 Å². The van der Waals surface area contributed by atoms with Crippen molar-refractivity contribution in [2.75, 3.05) is 0 Å². The SMILES string of the molecule is CCCC(C)C(C)CCC(C)C. The van der Waals surface area contributed by atoms with Crippen molar-refractivity contribution in [1.29, 1.82) is 0 Å². The molecule has 0 saturated carbocycles. The van der Waals surface area contributed by atoms with Crippen molar-refractivity contribution in [2.24, 2.45) is 17.8 Å². The van der Waals surface area contributed by atoms with Gasteiger partial charge in [-0.3, -0.25) is 0 Å². The van der Waals surface area contributed by atoms with Gasteiger partial charge >= 0.3 is 0 Å². The Morgan fingerprint density at radius 3 is 1.67 bits per heavy atom. The summed E-state index contributed by atoms with van der Waals surface area (Å²) in [5, 5.41) is 0. The fourth-order valence-corrected chi connectivity index (χ4v) is 1.62. The van der Waals surface area contributed by atoms with E-state index in [0.717, 1.165) is 17.8 Å². The van der Waals surface area contributed by atoms with Crippen molar-refractivity contribution in [1.82, 2.24) is 0 Å². The maximum absolute atomic E-state index is 2.41. The van der Waals surface area contributed by atoms with E-state index in [9.17, 15) is 0 Å². The highest BCUT2D eigenvalue weighted by atomic mass is 14.2. The molecule has 0 aromatic heterocycles. The third-order valence-electron chi connectivity index (χ3n) is 2.91. The molecule has 0 nitrogen and oxygen atoms in total. The molecule has 0 aliphatic heterocycles. The van der Waals surface area contributed by atoms with E-state index < -0.39 is 0 Å². The second-order valence-electron chi connectivity index (χ2n) is 4.71. The molecule has 12 heavy (non-hydrogen) atoms. The summed E-state index contributed by atoms with van der Waals surface area (Å²) in [5.74, 6) is 2.72. The third-order valence-corrected chi connectivity index (χ3v) is 2.91. The standard InChI is InChI=1S/C12H26/c1-6-7-11(4)12(5)9-8-10(2)3/h10-12H,6-9H2,1-5H3. The lowest BCUT2D eigenvalue weighted by atomic mass is 9.86. The molecule has 0 aliphatic carbocycles. The highest BCUT2D eigenvalue weighted by Gasteiger charge is 2.11. The fourth-order valence-electron chi connectivity index (χ4n) is 1.62. The molecule has 0 heteroatoms. The van der Waals surface area contributed by atoms with Gasteiger partial charge in [-0.1, -0.05) is 60.3 Å². The normalized spacial score (nSPS) is 16.5. The van der Waals surface area contributed by atoms with E-state index in [1.165, 1.54) is 25.7 Å². The van der Waals surface area contributed by atoms with Crippen molar-refractivity contribution in [3.05, 3.63) is 0 Å². The highest BCUT2D eigenvalue weighted by molar-refractivity contribution is 4.62. The van der Waals surface area contributed by atoms with E-state index >= 15 is 0 Å². The van der Waals surface area contributed by atoms with Crippen LogP contribution in [0.5, 0.6) is 0 Å². The Morgan fingerprint density at radius 2 is 1.25 bits per heavy atom. The molecule has 0 radical (unpaired) electrons. The lowest BCUT2D eigenvalue weighted by Gasteiger charge is -2.19. The zero-order chi connectivity index (χ0) is 9.56. The van der Waals surface area contributed by atoms with Gasteiger partial charge in [-0.2, -0.15) is 0 Å². The van der Waals surface area contributed by atoms with Gasteiger partial charge < -0.3 is 0 Å². The van der Waals surface area contributed by atoms with Gasteiger partial charge in [0, 0.05) is 0 Å². The molecular formula is C12H26. The van der Waals surface area contributed by atoms with Crippen LogP contribution in [-0.2, 0) is 0 Å². The highest BCUT2D eigenvalue weighted by Crippen LogP contribution is 2.22. The minimum absolute atomic E-state index is 0.876. The predicted octanol–water partition coefficient (Wildman–Crippen LogP) is 4.49. The molecule has 0 heterocycles. The van der Waals surface area contributed by atoms with Crippen LogP contribution in [0.15, 0.2) is 0 Å². The first-order valence-corrected chi connectivity index (χ1v) is 5.57. The molecule has 0 aromatic carbocycles. The van der Waals surface area contributed by atoms with Crippen LogP contribution in [0.3, 0.4) is 0 Å². The summed E-state index contributed by atoms with van der Waals surface area (Å²) >= 11 is 0. The molecule has 0 spiro atoms. The minimum atomic E-state index is 0.876. The lowest BCUT2D eigenvalue weighted by molar-refractivity contribution is 0.319. The first kappa shape index (κ1) is 12.0. The average molecular weight is 170 g/mol. The Balaban J connectivity index is 3.49. The van der Waals surface area contributed by atoms with Crippen molar-refractivity contribution in [3.63, 3.8) is 0 Å². The summed E-state index contributed by atoms with van der Waals surface area (Å²) in [6, 6.07) is 0. The van der Waals surface area contributed by atoms with E-state index in [1.807, 2.05) is 0 Å². The molecule has 0 rings (SSSR count). The monoisotopic (exact) mass is 170 g/mol. The molecule has 0 bridgehead atoms. The molecule has 0 aromatic rings. The lowest BCUT2D eigenvalue weighted by Crippen LogP contribution is -2.08. The van der Waals surface area contributed by atoms with Gasteiger partial charge in [-0.25, -0.2) is 0 Å². The molecule has 0 saturated heterocycles. The summed E-state index contributed by atoms with van der Waals surface area (Å²) in [7, 11) is 0. The largest absolute Gasteiger partial charge is 0.0654 e. The first-order valence-electron chi connectivity index (χ1n) is 5.57. The van der Waals surface area contributed by atoms with Gasteiger partial charge in [0.15, 0.2) is 0 Å². The predicted molar refractivity (Wildman–Crippen MR) is 57.3 cm³/mol. The van der Waals surface area contributed by atoms with Gasteiger partial charge in [0.1, 0.15) is 0 Å². The van der Waals surface area contributed by atoms with E-state index in [4.69, 9.17) is 0 Å². The zero-order valence-corrected chi connectivity index (χ0v) is 9.56. The molecule has 2 unspecified atom stereocenters. The molecule has 74 valence electrons. The van der Waals surface area contributed by atoms with Crippen LogP contribution in [0.25, 0.3) is 0 Å². The van der Waals surface area contributed by atoms with Gasteiger partial charge in [0.25, 0.3) is 0 Å². The molecule has 2 atom stereocenters. The molecule has 0 amide bonds. The smallest absolute Gasteiger partial charge is 0.0417 e. The van der Waals surface area contributed by atoms with Crippen molar-refractivity contribution < 1.29 is 0 Å². The quantitative estimate of drug-likeness (QED) is 0.551. The van der Waals surface area contributed by atoms with Crippen LogP contribution in [-0.4, -0.2) is 0 Å². The summed E-state index contributed by atoms with van der Waals surface area (Å²) in [4.78, 5) is 0. The van der Waals surface area contributed by atoms with Crippen LogP contribution in [0.2, 0.25) is 0 Å². The summed E-state index contributed by atoms with van der Waals surface area (Å²) in [6.45, 7) is 11.7. The summed E-state index contributed by atoms with van der Waals surface area (Å²) in [6.07, 6.45) is 5.56. The van der Waals surface area contributed by atoms with Crippen LogP contribution in [0.4, 0.5) is 0 Å². The summed E-state index contributed by atoms with van der Waals surface area (Å²) < 4.78 is 0. The van der Waals surface area contributed by atoms with Crippen molar-refractivity contribution >= 4 is 0 Å². The average Bonchev–Trinajstić information content (AvgIpc) is 2.00. The van der Waals surface area contributed by atoms with Gasteiger partial charge in [0.2, 0.25) is 0 Å². The van der Waals surface area contributed by atoms with Gasteiger partial charge in [-0.15, -0.1) is 0 Å². The molecule has 0 N–H and O–H groups in total. The van der Waals surface area contributed by atoms with E-state index in [1.54, 1.807) is 0 Å². The Hall–Kier alpha value is 0. The Labute approximate surface area is 78.8 Å². The number of rotatable bonds is 6. The van der Waals surface area contributed by atoms with E-state index in [2.05, 4.69) is 34.6 Å². The Bertz CT molecular complexity index is 94.2. The zero-order valence-electron chi connectivity index (χ0n) is 9.56. The number of hydrogen-bond donors (Lipinski definition) is 0. The number of hydrogen-bond acceptors (Lipinski definition) is 0. The van der Waals surface area contributed by atoms with Crippen LogP contribution >= 0.6 is 0 Å². The topological polar surface area (TPSA) is 0 Å². The van der Waals surface area contributed by atoms with Crippen LogP contribution in [0.1, 0.15) is 60.3 Å². The first-order chi connectivity index (χ1) is 5.57. The van der Waals surface area contributed by atoms with Gasteiger partial charge in [-0.05, 0) is 17.8 Å². The summed E-state index contributed by atoms with van der Waals surface area (Å²) in [5.41, 5.74) is 0. The molecule has 0 aliphatic rings. The Morgan fingerprint density at radius 1 is 0.750 bits per heavy atom. The fraction of sp³-hybridized carbons (Fsp3) is 1.00. The second-order valence-corrected chi connectivity index (χ2v) is 4.71. The van der Waals surface area contributed by atoms with Crippen molar-refractivity contribution in [3.8, 4) is 0 Å². The van der Waals surface area contributed by atoms with Gasteiger partial charge in [0.05, 0.1) is 0 Å². The van der Waals surface area contributed by atoms with Crippen LogP contribution in [0, 0.1) is 17.8 Å². The van der Waals surface area contributed by atoms with E-state index in [-0.39, 0.29) is 0 Å². The second kappa shape index (κ2) is 6.51.